The molecule has 82 valence electrons. The fourth-order valence-electron chi connectivity index (χ4n) is 1.57. The van der Waals surface area contributed by atoms with Crippen molar-refractivity contribution in [3.05, 3.63) is 24.3 Å². The fourth-order valence-corrected chi connectivity index (χ4v) is 1.57. The van der Waals surface area contributed by atoms with Crippen molar-refractivity contribution in [3.8, 4) is 0 Å². The largest absolute Gasteiger partial charge is 0.304 e. The first kappa shape index (κ1) is 10.5. The van der Waals surface area contributed by atoms with Crippen LogP contribution in [0.2, 0.25) is 0 Å². The van der Waals surface area contributed by atoms with Gasteiger partial charge in [0.15, 0.2) is 0 Å². The standard InChI is InChI=1S/C10H17N5/c1-14-5-7-15(8-6-14)13-9-10-11-3-2-4-12-10/h2-4,13H,5-9H2,1H3. The van der Waals surface area contributed by atoms with Crippen molar-refractivity contribution in [3.63, 3.8) is 0 Å². The van der Waals surface area contributed by atoms with Crippen LogP contribution in [-0.4, -0.2) is 53.1 Å². The van der Waals surface area contributed by atoms with Crippen LogP contribution in [0.4, 0.5) is 0 Å². The minimum Gasteiger partial charge on any atom is -0.304 e. The highest BCUT2D eigenvalue weighted by atomic mass is 15.5. The third-order valence-electron chi connectivity index (χ3n) is 2.58. The SMILES string of the molecule is CN1CCN(NCc2ncccn2)CC1. The van der Waals surface area contributed by atoms with E-state index in [9.17, 15) is 0 Å². The highest BCUT2D eigenvalue weighted by molar-refractivity contribution is 4.87. The summed E-state index contributed by atoms with van der Waals surface area (Å²) in [6.07, 6.45) is 3.54. The molecule has 1 aliphatic heterocycles. The van der Waals surface area contributed by atoms with Gasteiger partial charge in [-0.3, -0.25) is 0 Å². The van der Waals surface area contributed by atoms with Crippen molar-refractivity contribution in [1.82, 2.24) is 25.3 Å². The first-order chi connectivity index (χ1) is 7.34. The summed E-state index contributed by atoms with van der Waals surface area (Å²) in [6, 6.07) is 1.83. The zero-order valence-corrected chi connectivity index (χ0v) is 9.06. The van der Waals surface area contributed by atoms with Crippen molar-refractivity contribution in [2.45, 2.75) is 6.54 Å². The summed E-state index contributed by atoms with van der Waals surface area (Å²) in [6.45, 7) is 5.06. The molecule has 1 aromatic rings. The summed E-state index contributed by atoms with van der Waals surface area (Å²) < 4.78 is 0. The zero-order chi connectivity index (χ0) is 10.5. The third kappa shape index (κ3) is 3.23. The van der Waals surface area contributed by atoms with Gasteiger partial charge in [-0.15, -0.1) is 0 Å². The van der Waals surface area contributed by atoms with Gasteiger partial charge in [-0.1, -0.05) is 0 Å². The predicted octanol–water partition coefficient (Wildman–Crippen LogP) is -0.271. The maximum absolute atomic E-state index is 4.17. The summed E-state index contributed by atoms with van der Waals surface area (Å²) >= 11 is 0. The number of hydrogen-bond acceptors (Lipinski definition) is 5. The Kier molecular flexibility index (Phi) is 3.60. The molecular weight excluding hydrogens is 190 g/mol. The number of rotatable bonds is 3. The molecule has 1 N–H and O–H groups in total. The maximum atomic E-state index is 4.17. The van der Waals surface area contributed by atoms with E-state index in [1.54, 1.807) is 12.4 Å². The molecule has 0 amide bonds. The summed E-state index contributed by atoms with van der Waals surface area (Å²) in [5, 5.41) is 2.23. The van der Waals surface area contributed by atoms with E-state index >= 15 is 0 Å². The molecule has 1 fully saturated rings. The Balaban J connectivity index is 1.74. The number of nitrogens with zero attached hydrogens (tertiary/aromatic N) is 4. The van der Waals surface area contributed by atoms with Crippen molar-refractivity contribution in [2.24, 2.45) is 0 Å². The van der Waals surface area contributed by atoms with E-state index in [1.165, 1.54) is 0 Å². The molecule has 1 aromatic heterocycles. The van der Waals surface area contributed by atoms with Crippen molar-refractivity contribution < 1.29 is 0 Å². The van der Waals surface area contributed by atoms with Gasteiger partial charge in [-0.25, -0.2) is 20.4 Å². The molecule has 0 saturated carbocycles. The van der Waals surface area contributed by atoms with Crippen LogP contribution in [0.25, 0.3) is 0 Å². The number of nitrogens with one attached hydrogen (secondary N) is 1. The monoisotopic (exact) mass is 207 g/mol. The lowest BCUT2D eigenvalue weighted by atomic mass is 10.4. The first-order valence-electron chi connectivity index (χ1n) is 5.27. The molecule has 5 nitrogen and oxygen atoms in total. The van der Waals surface area contributed by atoms with Crippen molar-refractivity contribution in [2.75, 3.05) is 33.2 Å². The second-order valence-electron chi connectivity index (χ2n) is 3.79. The Morgan fingerprint density at radius 1 is 1.20 bits per heavy atom. The molecular formula is C10H17N5. The lowest BCUT2D eigenvalue weighted by Crippen LogP contribution is -2.50. The Morgan fingerprint density at radius 2 is 1.87 bits per heavy atom. The first-order valence-corrected chi connectivity index (χ1v) is 5.27. The van der Waals surface area contributed by atoms with E-state index in [0.717, 1.165) is 32.0 Å². The Hall–Kier alpha value is -1.04. The second kappa shape index (κ2) is 5.16. The van der Waals surface area contributed by atoms with Crippen LogP contribution in [0, 0.1) is 0 Å². The van der Waals surface area contributed by atoms with Gasteiger partial charge in [0.1, 0.15) is 5.82 Å². The summed E-state index contributed by atoms with van der Waals surface area (Å²) in [5.41, 5.74) is 3.34. The van der Waals surface area contributed by atoms with Gasteiger partial charge in [0, 0.05) is 38.6 Å². The predicted molar refractivity (Wildman–Crippen MR) is 57.9 cm³/mol. The lowest BCUT2D eigenvalue weighted by molar-refractivity contribution is 0.101. The minimum atomic E-state index is 0.713. The molecule has 5 heteroatoms. The van der Waals surface area contributed by atoms with E-state index in [4.69, 9.17) is 0 Å². The molecule has 0 radical (unpaired) electrons. The maximum Gasteiger partial charge on any atom is 0.143 e. The molecule has 0 aliphatic carbocycles. The second-order valence-corrected chi connectivity index (χ2v) is 3.79. The van der Waals surface area contributed by atoms with Crippen LogP contribution in [0.1, 0.15) is 5.82 Å². The average Bonchev–Trinajstić information content (AvgIpc) is 2.30. The van der Waals surface area contributed by atoms with Crippen molar-refractivity contribution in [1.29, 1.82) is 0 Å². The van der Waals surface area contributed by atoms with Gasteiger partial charge in [-0.2, -0.15) is 0 Å². The minimum absolute atomic E-state index is 0.713. The Labute approximate surface area is 90.1 Å². The van der Waals surface area contributed by atoms with Crippen LogP contribution < -0.4 is 5.43 Å². The highest BCUT2D eigenvalue weighted by Gasteiger charge is 2.12. The van der Waals surface area contributed by atoms with Crippen LogP contribution in [-0.2, 0) is 6.54 Å². The topological polar surface area (TPSA) is 44.3 Å². The molecule has 0 bridgehead atoms. The van der Waals surface area contributed by atoms with Gasteiger partial charge in [0.2, 0.25) is 0 Å². The molecule has 15 heavy (non-hydrogen) atoms. The van der Waals surface area contributed by atoms with Crippen LogP contribution in [0.15, 0.2) is 18.5 Å². The van der Waals surface area contributed by atoms with E-state index in [1.807, 2.05) is 6.07 Å². The number of aromatic nitrogens is 2. The lowest BCUT2D eigenvalue weighted by Gasteiger charge is -2.32. The molecule has 2 rings (SSSR count). The fraction of sp³-hybridized carbons (Fsp3) is 0.600. The Morgan fingerprint density at radius 3 is 2.53 bits per heavy atom. The molecule has 1 saturated heterocycles. The number of hydrogen-bond donors (Lipinski definition) is 1. The third-order valence-corrected chi connectivity index (χ3v) is 2.58. The van der Waals surface area contributed by atoms with Gasteiger partial charge in [0.05, 0.1) is 6.54 Å². The van der Waals surface area contributed by atoms with Crippen molar-refractivity contribution >= 4 is 0 Å². The highest BCUT2D eigenvalue weighted by Crippen LogP contribution is 1.96. The van der Waals surface area contributed by atoms with Gasteiger partial charge >= 0.3 is 0 Å². The zero-order valence-electron chi connectivity index (χ0n) is 9.06. The molecule has 1 aliphatic rings. The quantitative estimate of drug-likeness (QED) is 0.739. The van der Waals surface area contributed by atoms with E-state index in [-0.39, 0.29) is 0 Å². The van der Waals surface area contributed by atoms with E-state index in [2.05, 4.69) is 32.4 Å². The molecule has 0 aromatic carbocycles. The normalized spacial score (nSPS) is 19.3. The van der Waals surface area contributed by atoms with E-state index in [0.29, 0.717) is 6.54 Å². The average molecular weight is 207 g/mol. The Bertz CT molecular complexity index is 281. The summed E-state index contributed by atoms with van der Waals surface area (Å²) in [7, 11) is 2.15. The van der Waals surface area contributed by atoms with Gasteiger partial charge < -0.3 is 4.90 Å². The summed E-state index contributed by atoms with van der Waals surface area (Å²) in [4.78, 5) is 10.7. The number of hydrazine groups is 1. The number of piperazine rings is 1. The molecule has 0 unspecified atom stereocenters. The van der Waals surface area contributed by atoms with Crippen LogP contribution in [0.5, 0.6) is 0 Å². The van der Waals surface area contributed by atoms with Gasteiger partial charge in [-0.05, 0) is 13.1 Å². The van der Waals surface area contributed by atoms with Crippen LogP contribution in [0.3, 0.4) is 0 Å². The molecule has 0 atom stereocenters. The smallest absolute Gasteiger partial charge is 0.143 e. The summed E-state index contributed by atoms with van der Waals surface area (Å²) in [5.74, 6) is 0.844. The van der Waals surface area contributed by atoms with Gasteiger partial charge in [0.25, 0.3) is 0 Å². The number of likely N-dealkylation sites (N-methyl/N-ethyl adjacent to an activating group) is 1. The van der Waals surface area contributed by atoms with Crippen LogP contribution >= 0.6 is 0 Å². The molecule has 0 spiro atoms. The van der Waals surface area contributed by atoms with E-state index < -0.39 is 0 Å². The molecule has 2 heterocycles.